The second-order valence-electron chi connectivity index (χ2n) is 4.97. The molecule has 3 atom stereocenters. The van der Waals surface area contributed by atoms with E-state index in [0.29, 0.717) is 16.6 Å². The van der Waals surface area contributed by atoms with Gasteiger partial charge in [0.1, 0.15) is 0 Å². The van der Waals surface area contributed by atoms with Crippen LogP contribution in [0.4, 0.5) is 5.69 Å². The highest BCUT2D eigenvalue weighted by molar-refractivity contribution is 7.85. The molecule has 2 nitrogen and oxygen atoms in total. The number of halogens is 1. The topological polar surface area (TPSA) is 43.1 Å². The molecular weight excluding hydrogens is 266 g/mol. The molecule has 18 heavy (non-hydrogen) atoms. The number of hydrogen-bond donors (Lipinski definition) is 1. The SMILES string of the molecule is CCC1CCCCC1S(=O)c1ccc(Cl)cc1N. The molecule has 1 saturated carbocycles. The van der Waals surface area contributed by atoms with Gasteiger partial charge in [0.2, 0.25) is 0 Å². The van der Waals surface area contributed by atoms with Crippen LogP contribution in [-0.2, 0) is 10.8 Å². The first-order valence-corrected chi connectivity index (χ1v) is 8.18. The van der Waals surface area contributed by atoms with Gasteiger partial charge in [0, 0.05) is 16.0 Å². The molecule has 2 rings (SSSR count). The van der Waals surface area contributed by atoms with Crippen molar-refractivity contribution < 1.29 is 4.21 Å². The summed E-state index contributed by atoms with van der Waals surface area (Å²) in [7, 11) is -1.00. The van der Waals surface area contributed by atoms with E-state index in [0.717, 1.165) is 17.7 Å². The molecule has 0 saturated heterocycles. The average molecular weight is 286 g/mol. The van der Waals surface area contributed by atoms with Crippen LogP contribution in [0.5, 0.6) is 0 Å². The van der Waals surface area contributed by atoms with Crippen LogP contribution in [-0.4, -0.2) is 9.46 Å². The fourth-order valence-electron chi connectivity index (χ4n) is 2.79. The monoisotopic (exact) mass is 285 g/mol. The fraction of sp³-hybridized carbons (Fsp3) is 0.571. The Balaban J connectivity index is 2.24. The predicted molar refractivity (Wildman–Crippen MR) is 78.3 cm³/mol. The largest absolute Gasteiger partial charge is 0.398 e. The summed E-state index contributed by atoms with van der Waals surface area (Å²) in [6.07, 6.45) is 5.79. The maximum absolute atomic E-state index is 12.7. The van der Waals surface area contributed by atoms with E-state index >= 15 is 0 Å². The third kappa shape index (κ3) is 2.89. The van der Waals surface area contributed by atoms with Crippen molar-refractivity contribution in [3.8, 4) is 0 Å². The molecule has 100 valence electrons. The summed E-state index contributed by atoms with van der Waals surface area (Å²) >= 11 is 5.88. The van der Waals surface area contributed by atoms with Crippen LogP contribution in [0.15, 0.2) is 23.1 Å². The van der Waals surface area contributed by atoms with Crippen LogP contribution in [0.1, 0.15) is 39.0 Å². The molecule has 0 aliphatic heterocycles. The van der Waals surface area contributed by atoms with Gasteiger partial charge in [-0.2, -0.15) is 0 Å². The fourth-order valence-corrected chi connectivity index (χ4v) is 4.85. The van der Waals surface area contributed by atoms with Gasteiger partial charge in [-0.05, 0) is 37.0 Å². The molecule has 1 aromatic carbocycles. The Hall–Kier alpha value is -0.540. The third-order valence-electron chi connectivity index (χ3n) is 3.83. The molecule has 1 aliphatic carbocycles. The van der Waals surface area contributed by atoms with Crippen LogP contribution in [0, 0.1) is 5.92 Å². The molecule has 1 aliphatic rings. The van der Waals surface area contributed by atoms with Gasteiger partial charge >= 0.3 is 0 Å². The van der Waals surface area contributed by atoms with E-state index in [1.54, 1.807) is 12.1 Å². The first-order chi connectivity index (χ1) is 8.63. The molecule has 2 N–H and O–H groups in total. The third-order valence-corrected chi connectivity index (χ3v) is 6.04. The molecule has 0 spiro atoms. The lowest BCUT2D eigenvalue weighted by Crippen LogP contribution is -2.29. The summed E-state index contributed by atoms with van der Waals surface area (Å²) in [6, 6.07) is 5.28. The minimum atomic E-state index is -1.00. The van der Waals surface area contributed by atoms with Gasteiger partial charge in [-0.1, -0.05) is 37.8 Å². The molecule has 0 aromatic heterocycles. The Kier molecular flexibility index (Phi) is 4.68. The lowest BCUT2D eigenvalue weighted by molar-refractivity contribution is 0.355. The number of rotatable bonds is 3. The highest BCUT2D eigenvalue weighted by Crippen LogP contribution is 2.34. The Morgan fingerprint density at radius 1 is 1.39 bits per heavy atom. The van der Waals surface area contributed by atoms with Gasteiger partial charge in [-0.15, -0.1) is 0 Å². The highest BCUT2D eigenvalue weighted by Gasteiger charge is 2.30. The van der Waals surface area contributed by atoms with Gasteiger partial charge < -0.3 is 5.73 Å². The van der Waals surface area contributed by atoms with Crippen molar-refractivity contribution in [2.75, 3.05) is 5.73 Å². The van der Waals surface area contributed by atoms with E-state index in [-0.39, 0.29) is 5.25 Å². The Bertz CT molecular complexity index is 449. The molecule has 3 unspecified atom stereocenters. The minimum absolute atomic E-state index is 0.257. The molecule has 4 heteroatoms. The Labute approximate surface area is 116 Å². The van der Waals surface area contributed by atoms with Crippen molar-refractivity contribution in [3.05, 3.63) is 23.2 Å². The second kappa shape index (κ2) is 6.07. The summed E-state index contributed by atoms with van der Waals surface area (Å²) < 4.78 is 12.7. The standard InChI is InChI=1S/C14H20ClNOS/c1-2-10-5-3-4-6-13(10)18(17)14-8-7-11(15)9-12(14)16/h7-10,13H,2-6,16H2,1H3. The molecule has 0 amide bonds. The van der Waals surface area contributed by atoms with Crippen molar-refractivity contribution in [3.63, 3.8) is 0 Å². The normalized spacial score (nSPS) is 25.9. The lowest BCUT2D eigenvalue weighted by Gasteiger charge is -2.30. The number of nitrogens with two attached hydrogens (primary N) is 1. The number of nitrogen functional groups attached to an aromatic ring is 1. The van der Waals surface area contributed by atoms with Gasteiger partial charge in [-0.3, -0.25) is 4.21 Å². The minimum Gasteiger partial charge on any atom is -0.398 e. The van der Waals surface area contributed by atoms with Crippen LogP contribution in [0.25, 0.3) is 0 Å². The van der Waals surface area contributed by atoms with E-state index in [4.69, 9.17) is 17.3 Å². The van der Waals surface area contributed by atoms with Crippen LogP contribution in [0.3, 0.4) is 0 Å². The zero-order chi connectivity index (χ0) is 13.1. The van der Waals surface area contributed by atoms with E-state index in [1.807, 2.05) is 6.07 Å². The predicted octanol–water partition coefficient (Wildman–Crippen LogP) is 4.00. The Morgan fingerprint density at radius 3 is 2.78 bits per heavy atom. The molecule has 0 radical (unpaired) electrons. The van der Waals surface area contributed by atoms with Gasteiger partial charge in [0.25, 0.3) is 0 Å². The first kappa shape index (κ1) is 13.9. The van der Waals surface area contributed by atoms with Crippen LogP contribution in [0.2, 0.25) is 5.02 Å². The summed E-state index contributed by atoms with van der Waals surface area (Å²) in [5.74, 6) is 0.565. The van der Waals surface area contributed by atoms with Crippen molar-refractivity contribution >= 4 is 28.1 Å². The summed E-state index contributed by atoms with van der Waals surface area (Å²) in [5, 5.41) is 0.858. The van der Waals surface area contributed by atoms with Crippen LogP contribution >= 0.6 is 11.6 Å². The first-order valence-electron chi connectivity index (χ1n) is 6.59. The van der Waals surface area contributed by atoms with E-state index in [9.17, 15) is 4.21 Å². The van der Waals surface area contributed by atoms with E-state index < -0.39 is 10.8 Å². The van der Waals surface area contributed by atoms with Crippen LogP contribution < -0.4 is 5.73 Å². The zero-order valence-corrected chi connectivity index (χ0v) is 12.3. The van der Waals surface area contributed by atoms with Crippen molar-refractivity contribution in [2.45, 2.75) is 49.2 Å². The maximum Gasteiger partial charge on any atom is 0.0621 e. The summed E-state index contributed by atoms with van der Waals surface area (Å²) in [5.41, 5.74) is 6.50. The molecule has 1 aromatic rings. The molecular formula is C14H20ClNOS. The quantitative estimate of drug-likeness (QED) is 0.853. The van der Waals surface area contributed by atoms with Crippen molar-refractivity contribution in [2.24, 2.45) is 5.92 Å². The number of benzene rings is 1. The van der Waals surface area contributed by atoms with Crippen molar-refractivity contribution in [1.82, 2.24) is 0 Å². The Morgan fingerprint density at radius 2 is 2.11 bits per heavy atom. The lowest BCUT2D eigenvalue weighted by atomic mass is 9.87. The molecule has 0 heterocycles. The highest BCUT2D eigenvalue weighted by atomic mass is 35.5. The molecule has 0 bridgehead atoms. The number of anilines is 1. The van der Waals surface area contributed by atoms with Gasteiger partial charge in [0.15, 0.2) is 0 Å². The zero-order valence-electron chi connectivity index (χ0n) is 10.7. The van der Waals surface area contributed by atoms with E-state index in [2.05, 4.69) is 6.92 Å². The van der Waals surface area contributed by atoms with Gasteiger partial charge in [-0.25, -0.2) is 0 Å². The van der Waals surface area contributed by atoms with Crippen molar-refractivity contribution in [1.29, 1.82) is 0 Å². The number of hydrogen-bond acceptors (Lipinski definition) is 2. The van der Waals surface area contributed by atoms with E-state index in [1.165, 1.54) is 19.3 Å². The van der Waals surface area contributed by atoms with Gasteiger partial charge in [0.05, 0.1) is 15.7 Å². The maximum atomic E-state index is 12.7. The second-order valence-corrected chi connectivity index (χ2v) is 7.05. The average Bonchev–Trinajstić information content (AvgIpc) is 2.38. The summed E-state index contributed by atoms with van der Waals surface area (Å²) in [4.78, 5) is 0.754. The molecule has 1 fully saturated rings. The smallest absolute Gasteiger partial charge is 0.0621 e. The summed E-state index contributed by atoms with van der Waals surface area (Å²) in [6.45, 7) is 2.19.